The highest BCUT2D eigenvalue weighted by atomic mass is 16.2. The van der Waals surface area contributed by atoms with E-state index in [4.69, 9.17) is 4.98 Å². The molecule has 1 atom stereocenters. The predicted molar refractivity (Wildman–Crippen MR) is 102 cm³/mol. The van der Waals surface area contributed by atoms with Crippen molar-refractivity contribution in [3.05, 3.63) is 59.8 Å². The highest BCUT2D eigenvalue weighted by Crippen LogP contribution is 2.28. The summed E-state index contributed by atoms with van der Waals surface area (Å²) in [7, 11) is 0. The largest absolute Gasteiger partial charge is 0.342 e. The summed E-state index contributed by atoms with van der Waals surface area (Å²) < 4.78 is 1.64. The lowest BCUT2D eigenvalue weighted by Gasteiger charge is -2.31. The van der Waals surface area contributed by atoms with Crippen LogP contribution in [0.25, 0.3) is 16.7 Å². The van der Waals surface area contributed by atoms with Gasteiger partial charge in [-0.05, 0) is 37.5 Å². The molecule has 7 heteroatoms. The van der Waals surface area contributed by atoms with Crippen LogP contribution in [0.1, 0.15) is 40.5 Å². The molecule has 0 radical (unpaired) electrons. The quantitative estimate of drug-likeness (QED) is 0.596. The molecule has 0 bridgehead atoms. The number of hydrogen-bond acceptors (Lipinski definition) is 4. The lowest BCUT2D eigenvalue weighted by molar-refractivity contribution is 0.0706. The number of carbonyl (C=O) groups is 1. The monoisotopic (exact) mass is 360 g/mol. The Morgan fingerprint density at radius 3 is 3.11 bits per heavy atom. The van der Waals surface area contributed by atoms with Gasteiger partial charge in [0, 0.05) is 31.4 Å². The van der Waals surface area contributed by atoms with Crippen molar-refractivity contribution in [1.29, 1.82) is 0 Å². The lowest BCUT2D eigenvalue weighted by Crippen LogP contribution is -2.39. The zero-order valence-electron chi connectivity index (χ0n) is 15.1. The van der Waals surface area contributed by atoms with Gasteiger partial charge >= 0.3 is 0 Å². The number of nitrogens with one attached hydrogen (secondary N) is 1. The van der Waals surface area contributed by atoms with Gasteiger partial charge in [0.15, 0.2) is 5.65 Å². The summed E-state index contributed by atoms with van der Waals surface area (Å²) in [5, 5.41) is 4.24. The van der Waals surface area contributed by atoms with Crippen LogP contribution in [0.2, 0.25) is 0 Å². The molecule has 7 nitrogen and oxygen atoms in total. The molecule has 0 spiro atoms. The minimum atomic E-state index is -0.0132. The van der Waals surface area contributed by atoms with Crippen LogP contribution < -0.4 is 0 Å². The van der Waals surface area contributed by atoms with Crippen LogP contribution in [0.5, 0.6) is 0 Å². The van der Waals surface area contributed by atoms with Crippen molar-refractivity contribution in [2.45, 2.75) is 25.7 Å². The number of imidazole rings is 1. The van der Waals surface area contributed by atoms with Crippen molar-refractivity contribution in [3.8, 4) is 0 Å². The number of aryl methyl sites for hydroxylation is 1. The summed E-state index contributed by atoms with van der Waals surface area (Å²) in [6, 6.07) is 7.96. The Hall–Kier alpha value is -3.22. The van der Waals surface area contributed by atoms with Gasteiger partial charge in [-0.1, -0.05) is 12.1 Å². The first-order chi connectivity index (χ1) is 13.2. The fraction of sp³-hybridized carbons (Fsp3) is 0.300. The Balaban J connectivity index is 1.43. The van der Waals surface area contributed by atoms with E-state index >= 15 is 0 Å². The highest BCUT2D eigenvalue weighted by Gasteiger charge is 2.29. The number of benzene rings is 1. The maximum absolute atomic E-state index is 13.1. The number of aromatic amines is 1. The SMILES string of the molecule is Cc1cccc2[nH]c(C3CCCN(C(=O)c4cnn5cccnc45)C3)nc12. The topological polar surface area (TPSA) is 79.2 Å². The molecule has 4 aromatic rings. The second-order valence-corrected chi connectivity index (χ2v) is 7.13. The van der Waals surface area contributed by atoms with E-state index in [1.807, 2.05) is 11.0 Å². The van der Waals surface area contributed by atoms with E-state index in [-0.39, 0.29) is 11.8 Å². The van der Waals surface area contributed by atoms with Crippen LogP contribution in [-0.2, 0) is 0 Å². The van der Waals surface area contributed by atoms with Crippen molar-refractivity contribution >= 4 is 22.6 Å². The van der Waals surface area contributed by atoms with Crippen molar-refractivity contribution < 1.29 is 4.79 Å². The van der Waals surface area contributed by atoms with E-state index in [9.17, 15) is 4.79 Å². The van der Waals surface area contributed by atoms with Gasteiger partial charge in [0.05, 0.1) is 17.2 Å². The predicted octanol–water partition coefficient (Wildman–Crippen LogP) is 2.93. The van der Waals surface area contributed by atoms with E-state index in [0.717, 1.165) is 41.8 Å². The number of carbonyl (C=O) groups excluding carboxylic acids is 1. The Kier molecular flexibility index (Phi) is 3.67. The molecule has 1 aliphatic heterocycles. The van der Waals surface area contributed by atoms with Gasteiger partial charge in [-0.2, -0.15) is 5.10 Å². The molecule has 5 rings (SSSR count). The van der Waals surface area contributed by atoms with Crippen LogP contribution in [0.4, 0.5) is 0 Å². The smallest absolute Gasteiger partial charge is 0.259 e. The summed E-state index contributed by atoms with van der Waals surface area (Å²) in [6.07, 6.45) is 7.08. The molecular formula is C20H20N6O. The van der Waals surface area contributed by atoms with Gasteiger partial charge in [-0.3, -0.25) is 4.79 Å². The fourth-order valence-electron chi connectivity index (χ4n) is 3.92. The number of nitrogens with zero attached hydrogens (tertiary/aromatic N) is 5. The van der Waals surface area contributed by atoms with E-state index in [2.05, 4.69) is 34.1 Å². The van der Waals surface area contributed by atoms with Crippen molar-refractivity contribution in [1.82, 2.24) is 29.5 Å². The van der Waals surface area contributed by atoms with Crippen LogP contribution in [0.3, 0.4) is 0 Å². The highest BCUT2D eigenvalue weighted by molar-refractivity contribution is 5.99. The number of amides is 1. The van der Waals surface area contributed by atoms with Gasteiger partial charge in [-0.25, -0.2) is 14.5 Å². The van der Waals surface area contributed by atoms with Crippen LogP contribution in [-0.4, -0.2) is 48.5 Å². The first-order valence-corrected chi connectivity index (χ1v) is 9.23. The molecule has 136 valence electrons. The molecule has 3 aromatic heterocycles. The van der Waals surface area contributed by atoms with Gasteiger partial charge in [-0.15, -0.1) is 0 Å². The van der Waals surface area contributed by atoms with E-state index in [1.165, 1.54) is 0 Å². The fourth-order valence-corrected chi connectivity index (χ4v) is 3.92. The molecule has 1 aliphatic rings. The molecular weight excluding hydrogens is 340 g/mol. The number of fused-ring (bicyclic) bond motifs is 2. The van der Waals surface area contributed by atoms with Crippen LogP contribution in [0, 0.1) is 6.92 Å². The molecule has 0 aliphatic carbocycles. The molecule has 1 unspecified atom stereocenters. The van der Waals surface area contributed by atoms with Gasteiger partial charge in [0.2, 0.25) is 0 Å². The lowest BCUT2D eigenvalue weighted by atomic mass is 9.97. The second kappa shape index (κ2) is 6.19. The molecule has 1 N–H and O–H groups in total. The molecule has 1 aromatic carbocycles. The summed E-state index contributed by atoms with van der Waals surface area (Å²) in [6.45, 7) is 3.47. The van der Waals surface area contributed by atoms with Crippen LogP contribution >= 0.6 is 0 Å². The Bertz CT molecular complexity index is 1140. The average molecular weight is 360 g/mol. The minimum absolute atomic E-state index is 0.0132. The minimum Gasteiger partial charge on any atom is -0.342 e. The van der Waals surface area contributed by atoms with Crippen molar-refractivity contribution in [2.24, 2.45) is 0 Å². The number of piperidine rings is 1. The maximum atomic E-state index is 13.1. The summed E-state index contributed by atoms with van der Waals surface area (Å²) in [5.41, 5.74) is 4.39. The van der Waals surface area contributed by atoms with Crippen molar-refractivity contribution in [2.75, 3.05) is 13.1 Å². The summed E-state index contributed by atoms with van der Waals surface area (Å²) in [5.74, 6) is 1.17. The van der Waals surface area contributed by atoms with Gasteiger partial charge in [0.25, 0.3) is 5.91 Å². The Morgan fingerprint density at radius 1 is 1.30 bits per heavy atom. The van der Waals surface area contributed by atoms with Crippen molar-refractivity contribution in [3.63, 3.8) is 0 Å². The summed E-state index contributed by atoms with van der Waals surface area (Å²) in [4.78, 5) is 27.6. The number of H-pyrrole nitrogens is 1. The van der Waals surface area contributed by atoms with E-state index in [1.54, 1.807) is 29.2 Å². The summed E-state index contributed by atoms with van der Waals surface area (Å²) >= 11 is 0. The van der Waals surface area contributed by atoms with E-state index in [0.29, 0.717) is 17.8 Å². The zero-order valence-corrected chi connectivity index (χ0v) is 15.1. The first-order valence-electron chi connectivity index (χ1n) is 9.23. The second-order valence-electron chi connectivity index (χ2n) is 7.13. The maximum Gasteiger partial charge on any atom is 0.259 e. The first kappa shape index (κ1) is 16.0. The number of aromatic nitrogens is 5. The molecule has 0 saturated carbocycles. The molecule has 1 saturated heterocycles. The molecule has 27 heavy (non-hydrogen) atoms. The zero-order chi connectivity index (χ0) is 18.4. The number of hydrogen-bond donors (Lipinski definition) is 1. The number of para-hydroxylation sites is 1. The van der Waals surface area contributed by atoms with E-state index < -0.39 is 0 Å². The average Bonchev–Trinajstić information content (AvgIpc) is 3.33. The third kappa shape index (κ3) is 2.66. The Labute approximate surface area is 156 Å². The number of likely N-dealkylation sites (tertiary alicyclic amines) is 1. The normalized spacial score (nSPS) is 17.7. The standard InChI is InChI=1S/C20H20N6O/c1-13-5-2-7-16-17(13)24-18(23-16)14-6-3-9-25(12-14)20(27)15-11-22-26-10-4-8-21-19(15)26/h2,4-5,7-8,10-11,14H,3,6,9,12H2,1H3,(H,23,24). The third-order valence-corrected chi connectivity index (χ3v) is 5.34. The van der Waals surface area contributed by atoms with Gasteiger partial charge in [0.1, 0.15) is 11.4 Å². The molecule has 1 fully saturated rings. The van der Waals surface area contributed by atoms with Crippen LogP contribution in [0.15, 0.2) is 42.9 Å². The Morgan fingerprint density at radius 2 is 2.22 bits per heavy atom. The third-order valence-electron chi connectivity index (χ3n) is 5.34. The van der Waals surface area contributed by atoms with Gasteiger partial charge < -0.3 is 9.88 Å². The number of rotatable bonds is 2. The molecule has 1 amide bonds. The molecule has 4 heterocycles.